The van der Waals surface area contributed by atoms with Crippen LogP contribution in [0.15, 0.2) is 83.8 Å². The number of pyridine rings is 1. The number of carboxylic acids is 1. The first kappa shape index (κ1) is 25.7. The lowest BCUT2D eigenvalue weighted by atomic mass is 9.96. The van der Waals surface area contributed by atoms with Crippen LogP contribution in [0, 0.1) is 0 Å². The topological polar surface area (TPSA) is 105 Å². The van der Waals surface area contributed by atoms with Gasteiger partial charge < -0.3 is 19.5 Å². The number of rotatable bonds is 8. The Morgan fingerprint density at radius 3 is 2.64 bits per heavy atom. The lowest BCUT2D eigenvalue weighted by Crippen LogP contribution is -2.25. The number of carbonyl (C=O) groups is 2. The van der Waals surface area contributed by atoms with E-state index >= 15 is 0 Å². The summed E-state index contributed by atoms with van der Waals surface area (Å²) in [6.07, 6.45) is 9.82. The minimum absolute atomic E-state index is 0.01000. The van der Waals surface area contributed by atoms with Gasteiger partial charge in [-0.3, -0.25) is 9.78 Å². The molecular formula is C30H28N4O5. The number of anilines is 3. The lowest BCUT2D eigenvalue weighted by molar-refractivity contribution is -0.129. The Hall–Kier alpha value is -4.92. The smallest absolute Gasteiger partial charge is 0.357 e. The Kier molecular flexibility index (Phi) is 7.40. The average Bonchev–Trinajstić information content (AvgIpc) is 3.30. The third-order valence-electron chi connectivity index (χ3n) is 6.55. The Balaban J connectivity index is 1.46. The molecule has 9 nitrogen and oxygen atoms in total. The molecule has 0 fully saturated rings. The molecule has 3 aromatic rings. The predicted octanol–water partition coefficient (Wildman–Crippen LogP) is 5.00. The van der Waals surface area contributed by atoms with Crippen molar-refractivity contribution in [3.63, 3.8) is 0 Å². The minimum Gasteiger partial charge on any atom is -0.497 e. The summed E-state index contributed by atoms with van der Waals surface area (Å²) in [6, 6.07) is 15.3. The van der Waals surface area contributed by atoms with Crippen molar-refractivity contribution in [2.45, 2.75) is 19.8 Å². The fourth-order valence-electron chi connectivity index (χ4n) is 4.77. The normalized spacial score (nSPS) is 16.0. The predicted molar refractivity (Wildman–Crippen MR) is 150 cm³/mol. The number of methoxy groups -OCH3 is 1. The summed E-state index contributed by atoms with van der Waals surface area (Å²) in [6.45, 7) is 3.33. The second-order valence-corrected chi connectivity index (χ2v) is 8.89. The molecule has 1 aromatic heterocycles. The van der Waals surface area contributed by atoms with Gasteiger partial charge in [0.05, 0.1) is 31.2 Å². The molecule has 0 radical (unpaired) electrons. The van der Waals surface area contributed by atoms with Gasteiger partial charge in [-0.25, -0.2) is 4.79 Å². The average molecular weight is 525 g/mol. The lowest BCUT2D eigenvalue weighted by Gasteiger charge is -2.33. The zero-order valence-electron chi connectivity index (χ0n) is 21.7. The van der Waals surface area contributed by atoms with Crippen LogP contribution in [0.1, 0.15) is 24.5 Å². The molecule has 1 amide bonds. The van der Waals surface area contributed by atoms with Crippen molar-refractivity contribution in [2.75, 3.05) is 30.2 Å². The van der Waals surface area contributed by atoms with Gasteiger partial charge in [-0.05, 0) is 74.4 Å². The van der Waals surface area contributed by atoms with Crippen molar-refractivity contribution >= 4 is 40.7 Å². The summed E-state index contributed by atoms with van der Waals surface area (Å²) >= 11 is 0. The second kappa shape index (κ2) is 11.2. The van der Waals surface area contributed by atoms with E-state index in [2.05, 4.69) is 21.1 Å². The Morgan fingerprint density at radius 2 is 1.95 bits per heavy atom. The summed E-state index contributed by atoms with van der Waals surface area (Å²) < 4.78 is 11.4. The maximum absolute atomic E-state index is 13.0. The molecule has 2 aromatic carbocycles. The van der Waals surface area contributed by atoms with E-state index < -0.39 is 11.9 Å². The monoisotopic (exact) mass is 524 g/mol. The molecule has 0 aliphatic carbocycles. The van der Waals surface area contributed by atoms with Gasteiger partial charge in [0.15, 0.2) is 5.71 Å². The van der Waals surface area contributed by atoms with Gasteiger partial charge in [-0.1, -0.05) is 12.2 Å². The number of carbonyl (C=O) groups excluding carboxylic acids is 1. The van der Waals surface area contributed by atoms with Gasteiger partial charge in [0.1, 0.15) is 11.5 Å². The van der Waals surface area contributed by atoms with Crippen LogP contribution in [0.5, 0.6) is 11.5 Å². The van der Waals surface area contributed by atoms with Gasteiger partial charge >= 0.3 is 5.97 Å². The van der Waals surface area contributed by atoms with Gasteiger partial charge in [0.25, 0.3) is 5.91 Å². The maximum Gasteiger partial charge on any atom is 0.357 e. The van der Waals surface area contributed by atoms with E-state index in [1.807, 2.05) is 43.3 Å². The number of allylic oxidation sites excluding steroid dienone is 2. The van der Waals surface area contributed by atoms with Gasteiger partial charge in [0, 0.05) is 35.2 Å². The zero-order valence-corrected chi connectivity index (χ0v) is 21.7. The van der Waals surface area contributed by atoms with Crippen LogP contribution in [0.2, 0.25) is 0 Å². The van der Waals surface area contributed by atoms with Crippen molar-refractivity contribution in [2.24, 2.45) is 5.10 Å². The summed E-state index contributed by atoms with van der Waals surface area (Å²) in [5.41, 5.74) is 4.18. The van der Waals surface area contributed by atoms with Crippen LogP contribution >= 0.6 is 0 Å². The summed E-state index contributed by atoms with van der Waals surface area (Å²) in [7, 11) is 1.65. The van der Waals surface area contributed by atoms with Crippen molar-refractivity contribution in [1.82, 2.24) is 4.98 Å². The highest BCUT2D eigenvalue weighted by atomic mass is 16.5. The number of hydrazone groups is 1. The molecular weight excluding hydrogens is 496 g/mol. The van der Waals surface area contributed by atoms with E-state index in [-0.39, 0.29) is 11.3 Å². The zero-order chi connectivity index (χ0) is 27.4. The molecule has 0 atom stereocenters. The number of benzene rings is 2. The highest BCUT2D eigenvalue weighted by Gasteiger charge is 2.34. The quantitative estimate of drug-likeness (QED) is 0.414. The molecule has 0 unspecified atom stereocenters. The highest BCUT2D eigenvalue weighted by molar-refractivity contribution is 6.52. The molecule has 0 spiro atoms. The van der Waals surface area contributed by atoms with Crippen LogP contribution in [0.3, 0.4) is 0 Å². The van der Waals surface area contributed by atoms with E-state index in [1.54, 1.807) is 31.5 Å². The first-order chi connectivity index (χ1) is 19.0. The fraction of sp³-hybridized carbons (Fsp3) is 0.200. The Morgan fingerprint density at radius 1 is 1.13 bits per heavy atom. The first-order valence-electron chi connectivity index (χ1n) is 12.7. The molecule has 5 rings (SSSR count). The van der Waals surface area contributed by atoms with Crippen molar-refractivity contribution in [3.05, 3.63) is 89.8 Å². The van der Waals surface area contributed by atoms with Crippen LogP contribution in [0.4, 0.5) is 17.1 Å². The number of aliphatic carboxylic acids is 1. The molecule has 198 valence electrons. The number of aromatic nitrogens is 1. The van der Waals surface area contributed by atoms with E-state index in [0.29, 0.717) is 12.3 Å². The largest absolute Gasteiger partial charge is 0.497 e. The van der Waals surface area contributed by atoms with E-state index in [1.165, 1.54) is 12.3 Å². The van der Waals surface area contributed by atoms with Crippen molar-refractivity contribution < 1.29 is 24.2 Å². The van der Waals surface area contributed by atoms with Crippen molar-refractivity contribution in [3.8, 4) is 11.5 Å². The first-order valence-corrected chi connectivity index (χ1v) is 12.7. The Bertz CT molecular complexity index is 1480. The number of nitrogens with zero attached hydrogens (tertiary/aromatic N) is 4. The fourth-order valence-corrected chi connectivity index (χ4v) is 4.77. The van der Waals surface area contributed by atoms with Crippen molar-refractivity contribution in [1.29, 1.82) is 0 Å². The molecule has 2 aliphatic heterocycles. The third kappa shape index (κ3) is 5.11. The highest BCUT2D eigenvalue weighted by Crippen LogP contribution is 2.41. The number of fused-ring (bicyclic) bond motifs is 1. The van der Waals surface area contributed by atoms with Gasteiger partial charge in [0.2, 0.25) is 0 Å². The number of ether oxygens (including phenoxy) is 2. The number of hydrogen-bond donors (Lipinski definition) is 1. The maximum atomic E-state index is 13.0. The van der Waals surface area contributed by atoms with E-state index in [4.69, 9.17) is 9.47 Å². The van der Waals surface area contributed by atoms with Crippen LogP contribution in [-0.2, 0) is 16.0 Å². The standard InChI is InChI=1S/C30H28N4O5/c1-3-39-28-20(11-16-26-24(28)10-6-18-33(26)21-12-14-23(38-2)15-13-21)7-4-9-25-27(30(36)37)32-34(29(25)35)22-8-5-17-31-19-22/h4-5,7-9,11-17,19H,3,6,10,18H2,1-2H3,(H,36,37)/b7-4+,25-9-. The Labute approximate surface area is 226 Å². The van der Waals surface area contributed by atoms with Crippen LogP contribution in [-0.4, -0.2) is 47.9 Å². The molecule has 2 aliphatic rings. The van der Waals surface area contributed by atoms with Crippen LogP contribution in [0.25, 0.3) is 6.08 Å². The molecule has 0 saturated heterocycles. The van der Waals surface area contributed by atoms with E-state index in [0.717, 1.165) is 58.4 Å². The van der Waals surface area contributed by atoms with E-state index in [9.17, 15) is 14.7 Å². The third-order valence-corrected chi connectivity index (χ3v) is 6.55. The van der Waals surface area contributed by atoms with Gasteiger partial charge in [-0.2, -0.15) is 10.1 Å². The minimum atomic E-state index is -1.28. The number of hydrogen-bond acceptors (Lipinski definition) is 7. The second-order valence-electron chi connectivity index (χ2n) is 8.89. The SMILES string of the molecule is CCOc1c(/C=C/C=C2\C(=O)N(c3cccnc3)N=C2C(=O)O)ccc2c1CCCN2c1ccc(OC)cc1. The molecule has 1 N–H and O–H groups in total. The number of carboxylic acid groups (broad SMARTS) is 1. The number of amides is 1. The summed E-state index contributed by atoms with van der Waals surface area (Å²) in [5.74, 6) is -0.224. The van der Waals surface area contributed by atoms with Crippen LogP contribution < -0.4 is 19.4 Å². The molecule has 0 bridgehead atoms. The summed E-state index contributed by atoms with van der Waals surface area (Å²) in [4.78, 5) is 31.1. The molecule has 3 heterocycles. The molecule has 39 heavy (non-hydrogen) atoms. The molecule has 0 saturated carbocycles. The molecule has 9 heteroatoms. The summed E-state index contributed by atoms with van der Waals surface area (Å²) in [5, 5.41) is 14.7. The van der Waals surface area contributed by atoms with Gasteiger partial charge in [-0.15, -0.1) is 0 Å².